The van der Waals surface area contributed by atoms with Gasteiger partial charge in [-0.25, -0.2) is 13.8 Å². The zero-order valence-corrected chi connectivity index (χ0v) is 20.7. The van der Waals surface area contributed by atoms with Crippen LogP contribution < -0.4 is 5.32 Å². The number of aromatic nitrogens is 2. The largest absolute Gasteiger partial charge is 0.375 e. The van der Waals surface area contributed by atoms with Gasteiger partial charge in [0.05, 0.1) is 18.3 Å². The summed E-state index contributed by atoms with van der Waals surface area (Å²) in [5, 5.41) is 2.93. The van der Waals surface area contributed by atoms with Gasteiger partial charge in [0.15, 0.2) is 23.1 Å². The van der Waals surface area contributed by atoms with Crippen LogP contribution in [0.15, 0.2) is 18.2 Å². The number of fused-ring (bicyclic) bond motifs is 1. The molecule has 186 valence electrons. The van der Waals surface area contributed by atoms with Gasteiger partial charge in [0.25, 0.3) is 5.91 Å². The van der Waals surface area contributed by atoms with E-state index in [2.05, 4.69) is 17.2 Å². The van der Waals surface area contributed by atoms with Crippen molar-refractivity contribution < 1.29 is 23.1 Å². The first-order chi connectivity index (χ1) is 16.0. The lowest BCUT2D eigenvalue weighted by molar-refractivity contribution is -0.126. The molecule has 0 radical (unpaired) electrons. The van der Waals surface area contributed by atoms with Crippen molar-refractivity contribution in [3.05, 3.63) is 41.2 Å². The van der Waals surface area contributed by atoms with Crippen molar-refractivity contribution in [3.8, 4) is 11.4 Å². The Morgan fingerprint density at radius 3 is 2.62 bits per heavy atom. The highest BCUT2D eigenvalue weighted by molar-refractivity contribution is 5.98. The number of halogens is 2. The summed E-state index contributed by atoms with van der Waals surface area (Å²) >= 11 is 0. The van der Waals surface area contributed by atoms with Crippen LogP contribution in [0.4, 0.5) is 8.78 Å². The second-order valence-electron chi connectivity index (χ2n) is 10.1. The van der Waals surface area contributed by atoms with Gasteiger partial charge < -0.3 is 14.6 Å². The molecule has 1 aromatic carbocycles. The molecule has 2 heterocycles. The van der Waals surface area contributed by atoms with E-state index in [1.54, 1.807) is 0 Å². The molecule has 1 aromatic heterocycles. The van der Waals surface area contributed by atoms with Crippen LogP contribution >= 0.6 is 0 Å². The fraction of sp³-hybridized carbons (Fsp3) is 0.577. The Balaban J connectivity index is 1.97. The fourth-order valence-corrected chi connectivity index (χ4v) is 4.26. The molecule has 3 rings (SSSR count). The van der Waals surface area contributed by atoms with E-state index in [-0.39, 0.29) is 24.0 Å². The molecule has 0 bridgehead atoms. The molecule has 0 saturated carbocycles. The van der Waals surface area contributed by atoms with Crippen LogP contribution in [0, 0.1) is 23.0 Å². The van der Waals surface area contributed by atoms with E-state index in [1.165, 1.54) is 6.07 Å². The van der Waals surface area contributed by atoms with Crippen LogP contribution in [-0.2, 0) is 22.7 Å². The molecule has 0 spiro atoms. The lowest BCUT2D eigenvalue weighted by atomic mass is 9.79. The predicted octanol–water partition coefficient (Wildman–Crippen LogP) is 5.29. The molecule has 1 aliphatic rings. The molecule has 1 amide bonds. The number of hydrogen-bond acceptors (Lipinski definition) is 4. The summed E-state index contributed by atoms with van der Waals surface area (Å²) in [7, 11) is 0. The minimum atomic E-state index is -0.981. The van der Waals surface area contributed by atoms with Gasteiger partial charge in [-0.3, -0.25) is 9.59 Å². The third kappa shape index (κ3) is 5.71. The van der Waals surface area contributed by atoms with Crippen molar-refractivity contribution in [1.82, 2.24) is 14.9 Å². The van der Waals surface area contributed by atoms with E-state index in [9.17, 15) is 18.4 Å². The van der Waals surface area contributed by atoms with Gasteiger partial charge in [0, 0.05) is 24.6 Å². The Morgan fingerprint density at radius 1 is 1.24 bits per heavy atom. The number of ether oxygens (including phenoxy) is 1. The number of imidazole rings is 1. The molecule has 1 aliphatic heterocycles. The number of Topliss-reactive ketones (excluding diaryl/α,β-unsaturated/α-hetero) is 1. The van der Waals surface area contributed by atoms with E-state index in [0.717, 1.165) is 31.4 Å². The topological polar surface area (TPSA) is 73.2 Å². The smallest absolute Gasteiger partial charge is 0.272 e. The van der Waals surface area contributed by atoms with E-state index < -0.39 is 29.0 Å². The fourth-order valence-electron chi connectivity index (χ4n) is 4.26. The Morgan fingerprint density at radius 2 is 1.97 bits per heavy atom. The average molecular weight is 476 g/mol. The van der Waals surface area contributed by atoms with Crippen molar-refractivity contribution in [1.29, 1.82) is 0 Å². The number of carbonyl (C=O) groups is 2. The van der Waals surface area contributed by atoms with E-state index in [4.69, 9.17) is 4.74 Å². The number of nitrogens with zero attached hydrogens (tertiary/aromatic N) is 2. The summed E-state index contributed by atoms with van der Waals surface area (Å²) in [5.41, 5.74) is 0.583. The van der Waals surface area contributed by atoms with Crippen molar-refractivity contribution in [3.63, 3.8) is 0 Å². The normalized spacial score (nSPS) is 15.9. The third-order valence-electron chi connectivity index (χ3n) is 6.28. The van der Waals surface area contributed by atoms with Crippen molar-refractivity contribution in [2.75, 3.05) is 6.61 Å². The summed E-state index contributed by atoms with van der Waals surface area (Å²) in [6, 6.07) is 2.88. The monoisotopic (exact) mass is 475 g/mol. The molecule has 2 unspecified atom stereocenters. The molecular weight excluding hydrogens is 440 g/mol. The van der Waals surface area contributed by atoms with Gasteiger partial charge >= 0.3 is 0 Å². The summed E-state index contributed by atoms with van der Waals surface area (Å²) in [5.74, 6) is -2.21. The zero-order chi connectivity index (χ0) is 25.0. The van der Waals surface area contributed by atoms with Crippen LogP contribution in [-0.4, -0.2) is 33.9 Å². The van der Waals surface area contributed by atoms with Crippen LogP contribution in [0.25, 0.3) is 11.4 Å². The number of ketones is 1. The molecular formula is C26H35F2N3O3. The van der Waals surface area contributed by atoms with Crippen molar-refractivity contribution in [2.45, 2.75) is 79.5 Å². The molecule has 2 aromatic rings. The first kappa shape index (κ1) is 26.0. The highest BCUT2D eigenvalue weighted by Crippen LogP contribution is 2.29. The molecule has 0 aliphatic carbocycles. The molecule has 2 atom stereocenters. The van der Waals surface area contributed by atoms with Crippen molar-refractivity contribution in [2.24, 2.45) is 11.3 Å². The van der Waals surface area contributed by atoms with Crippen molar-refractivity contribution >= 4 is 11.7 Å². The molecule has 0 saturated heterocycles. The standard InChI is InChI=1S/C26H35F2N3O3/c1-6-7-9-16(2)22(32)23(26(3,4)5)30-25(33)21-20-15-34-13-8-12-31(20)24(29-21)17-10-11-18(27)19(28)14-17/h10-11,14,16,23H,6-9,12-13,15H2,1-5H3,(H,30,33). The SMILES string of the molecule is CCCCC(C)C(=O)C(NC(=O)c1nc(-c2ccc(F)c(F)c2)n2c1COCCC2)C(C)(C)C. The number of unbranched alkanes of at least 4 members (excludes halogenated alkanes) is 1. The minimum absolute atomic E-state index is 0.00308. The number of benzene rings is 1. The van der Waals surface area contributed by atoms with Gasteiger partial charge in [-0.05, 0) is 36.5 Å². The van der Waals surface area contributed by atoms with Gasteiger partial charge in [0.1, 0.15) is 5.82 Å². The second-order valence-corrected chi connectivity index (χ2v) is 10.1. The van der Waals surface area contributed by atoms with Crippen LogP contribution in [0.5, 0.6) is 0 Å². The maximum atomic E-state index is 13.9. The third-order valence-corrected chi connectivity index (χ3v) is 6.28. The second kappa shape index (κ2) is 10.8. The molecule has 0 fully saturated rings. The predicted molar refractivity (Wildman–Crippen MR) is 126 cm³/mol. The van der Waals surface area contributed by atoms with Crippen LogP contribution in [0.2, 0.25) is 0 Å². The maximum absolute atomic E-state index is 13.9. The number of nitrogens with one attached hydrogen (secondary N) is 1. The quantitative estimate of drug-likeness (QED) is 0.563. The summed E-state index contributed by atoms with van der Waals surface area (Å²) in [6.07, 6.45) is 3.41. The molecule has 8 heteroatoms. The lowest BCUT2D eigenvalue weighted by Gasteiger charge is -2.32. The first-order valence-electron chi connectivity index (χ1n) is 12.0. The summed E-state index contributed by atoms with van der Waals surface area (Å²) in [4.78, 5) is 31.3. The Bertz CT molecular complexity index is 1040. The maximum Gasteiger partial charge on any atom is 0.272 e. The van der Waals surface area contributed by atoms with Gasteiger partial charge in [-0.2, -0.15) is 0 Å². The van der Waals surface area contributed by atoms with E-state index in [1.807, 2.05) is 32.3 Å². The number of carbonyl (C=O) groups excluding carboxylic acids is 2. The molecule has 6 nitrogen and oxygen atoms in total. The zero-order valence-electron chi connectivity index (χ0n) is 20.7. The Labute approximate surface area is 200 Å². The lowest BCUT2D eigenvalue weighted by Crippen LogP contribution is -2.51. The number of amides is 1. The average Bonchev–Trinajstić information content (AvgIpc) is 2.97. The number of rotatable bonds is 8. The summed E-state index contributed by atoms with van der Waals surface area (Å²) < 4.78 is 34.9. The Hall–Kier alpha value is -2.61. The Kier molecular flexibility index (Phi) is 8.23. The highest BCUT2D eigenvalue weighted by atomic mass is 19.2. The van der Waals surface area contributed by atoms with Crippen LogP contribution in [0.3, 0.4) is 0 Å². The number of hydrogen-bond donors (Lipinski definition) is 1. The first-order valence-corrected chi connectivity index (χ1v) is 12.0. The minimum Gasteiger partial charge on any atom is -0.375 e. The van der Waals surface area contributed by atoms with Gasteiger partial charge in [0.2, 0.25) is 0 Å². The molecule has 1 N–H and O–H groups in total. The van der Waals surface area contributed by atoms with Gasteiger partial charge in [-0.15, -0.1) is 0 Å². The van der Waals surface area contributed by atoms with E-state index >= 15 is 0 Å². The van der Waals surface area contributed by atoms with E-state index in [0.29, 0.717) is 36.7 Å². The summed E-state index contributed by atoms with van der Waals surface area (Å²) in [6.45, 7) is 11.0. The highest BCUT2D eigenvalue weighted by Gasteiger charge is 2.36. The van der Waals surface area contributed by atoms with Crippen LogP contribution in [0.1, 0.15) is 76.5 Å². The van der Waals surface area contributed by atoms with Gasteiger partial charge in [-0.1, -0.05) is 47.5 Å². The molecule has 34 heavy (non-hydrogen) atoms.